The monoisotopic (exact) mass is 255 g/mol. The fourth-order valence-electron chi connectivity index (χ4n) is 3.47. The van der Waals surface area contributed by atoms with Crippen LogP contribution in [0.2, 0.25) is 0 Å². The molecule has 2 fully saturated rings. The number of nitrogens with zero attached hydrogens (tertiary/aromatic N) is 1. The summed E-state index contributed by atoms with van der Waals surface area (Å²) in [5.41, 5.74) is 0. The van der Waals surface area contributed by atoms with E-state index in [0.717, 1.165) is 45.1 Å². The number of hydrogen-bond acceptors (Lipinski definition) is 3. The summed E-state index contributed by atoms with van der Waals surface area (Å²) < 4.78 is 5.76. The smallest absolute Gasteiger partial charge is 0.320 e. The van der Waals surface area contributed by atoms with Crippen LogP contribution in [-0.4, -0.2) is 46.8 Å². The van der Waals surface area contributed by atoms with Gasteiger partial charge in [0.1, 0.15) is 6.04 Å². The maximum atomic E-state index is 11.5. The number of hydrogen-bond donors (Lipinski definition) is 1. The van der Waals surface area contributed by atoms with E-state index in [2.05, 4.69) is 18.7 Å². The van der Waals surface area contributed by atoms with Crippen LogP contribution in [0.4, 0.5) is 0 Å². The molecule has 0 aromatic rings. The molecule has 0 aliphatic carbocycles. The van der Waals surface area contributed by atoms with Crippen LogP contribution in [0.3, 0.4) is 0 Å². The first kappa shape index (κ1) is 13.8. The minimum atomic E-state index is -0.649. The predicted octanol–water partition coefficient (Wildman–Crippen LogP) is 2.27. The Kier molecular flexibility index (Phi) is 4.62. The molecule has 4 nitrogen and oxygen atoms in total. The summed E-state index contributed by atoms with van der Waals surface area (Å²) in [6.07, 6.45) is 6.56. The molecule has 2 saturated heterocycles. The number of carbonyl (C=O) groups is 1. The van der Waals surface area contributed by atoms with Crippen LogP contribution in [0, 0.1) is 0 Å². The molecule has 104 valence electrons. The van der Waals surface area contributed by atoms with Gasteiger partial charge in [0, 0.05) is 6.04 Å². The third kappa shape index (κ3) is 3.23. The van der Waals surface area contributed by atoms with Gasteiger partial charge in [0.15, 0.2) is 0 Å². The highest BCUT2D eigenvalue weighted by Crippen LogP contribution is 2.28. The zero-order chi connectivity index (χ0) is 13.1. The van der Waals surface area contributed by atoms with Gasteiger partial charge >= 0.3 is 5.97 Å². The molecule has 0 saturated carbocycles. The first-order valence-corrected chi connectivity index (χ1v) is 7.22. The normalized spacial score (nSPS) is 39.2. The molecule has 0 radical (unpaired) electrons. The zero-order valence-corrected chi connectivity index (χ0v) is 11.5. The van der Waals surface area contributed by atoms with E-state index in [0.29, 0.717) is 6.04 Å². The Bertz CT molecular complexity index is 285. The van der Waals surface area contributed by atoms with Crippen molar-refractivity contribution in [1.29, 1.82) is 0 Å². The molecule has 2 heterocycles. The van der Waals surface area contributed by atoms with E-state index in [9.17, 15) is 9.90 Å². The Hall–Kier alpha value is -0.610. The summed E-state index contributed by atoms with van der Waals surface area (Å²) in [5, 5.41) is 9.42. The molecule has 2 aliphatic heterocycles. The molecule has 1 N–H and O–H groups in total. The molecule has 2 aliphatic rings. The SMILES string of the molecule is CC1CC(N2CCCCCC2C(=O)O)CC(C)O1. The second-order valence-electron chi connectivity index (χ2n) is 5.82. The van der Waals surface area contributed by atoms with Gasteiger partial charge < -0.3 is 9.84 Å². The van der Waals surface area contributed by atoms with E-state index in [1.807, 2.05) is 0 Å². The summed E-state index contributed by atoms with van der Waals surface area (Å²) in [6.45, 7) is 5.12. The van der Waals surface area contributed by atoms with Crippen LogP contribution in [0.5, 0.6) is 0 Å². The third-order valence-corrected chi connectivity index (χ3v) is 4.22. The molecule has 2 rings (SSSR count). The lowest BCUT2D eigenvalue weighted by molar-refractivity contribution is -0.147. The summed E-state index contributed by atoms with van der Waals surface area (Å²) in [6, 6.07) is 0.0953. The fourth-order valence-corrected chi connectivity index (χ4v) is 3.47. The summed E-state index contributed by atoms with van der Waals surface area (Å²) >= 11 is 0. The molecular weight excluding hydrogens is 230 g/mol. The van der Waals surface area contributed by atoms with Crippen LogP contribution in [0.25, 0.3) is 0 Å². The summed E-state index contributed by atoms with van der Waals surface area (Å²) in [7, 11) is 0. The third-order valence-electron chi connectivity index (χ3n) is 4.22. The van der Waals surface area contributed by atoms with E-state index < -0.39 is 5.97 Å². The van der Waals surface area contributed by atoms with Gasteiger partial charge in [0.2, 0.25) is 0 Å². The number of carboxylic acids is 1. The van der Waals surface area contributed by atoms with Crippen molar-refractivity contribution in [2.45, 2.75) is 76.7 Å². The van der Waals surface area contributed by atoms with Crippen molar-refractivity contribution in [3.8, 4) is 0 Å². The van der Waals surface area contributed by atoms with Gasteiger partial charge in [-0.3, -0.25) is 9.69 Å². The standard InChI is InChI=1S/C14H25NO3/c1-10-8-12(9-11(2)18-10)15-7-5-3-4-6-13(15)14(16)17/h10-13H,3-9H2,1-2H3,(H,16,17). The molecule has 4 heteroatoms. The van der Waals surface area contributed by atoms with E-state index in [1.54, 1.807) is 0 Å². The van der Waals surface area contributed by atoms with Gasteiger partial charge in [-0.25, -0.2) is 0 Å². The van der Waals surface area contributed by atoms with E-state index >= 15 is 0 Å². The van der Waals surface area contributed by atoms with Gasteiger partial charge in [-0.05, 0) is 46.1 Å². The largest absolute Gasteiger partial charge is 0.480 e. The van der Waals surface area contributed by atoms with Crippen molar-refractivity contribution >= 4 is 5.97 Å². The second kappa shape index (κ2) is 6.02. The Morgan fingerprint density at radius 3 is 2.44 bits per heavy atom. The maximum absolute atomic E-state index is 11.5. The second-order valence-corrected chi connectivity index (χ2v) is 5.82. The van der Waals surface area contributed by atoms with Crippen LogP contribution in [-0.2, 0) is 9.53 Å². The van der Waals surface area contributed by atoms with Crippen LogP contribution in [0.1, 0.15) is 52.4 Å². The van der Waals surface area contributed by atoms with Gasteiger partial charge in [-0.2, -0.15) is 0 Å². The average molecular weight is 255 g/mol. The highest BCUT2D eigenvalue weighted by molar-refractivity contribution is 5.73. The number of ether oxygens (including phenoxy) is 1. The molecule has 3 unspecified atom stereocenters. The first-order chi connectivity index (χ1) is 8.58. The van der Waals surface area contributed by atoms with Gasteiger partial charge in [-0.15, -0.1) is 0 Å². The molecular formula is C14H25NO3. The molecule has 18 heavy (non-hydrogen) atoms. The average Bonchev–Trinajstić information content (AvgIpc) is 2.52. The lowest BCUT2D eigenvalue weighted by Crippen LogP contribution is -2.51. The summed E-state index contributed by atoms with van der Waals surface area (Å²) in [5.74, 6) is -0.649. The van der Waals surface area contributed by atoms with Crippen molar-refractivity contribution in [3.63, 3.8) is 0 Å². The molecule has 0 spiro atoms. The topological polar surface area (TPSA) is 49.8 Å². The molecule has 0 amide bonds. The molecule has 3 atom stereocenters. The van der Waals surface area contributed by atoms with Crippen LogP contribution in [0.15, 0.2) is 0 Å². The van der Waals surface area contributed by atoms with Crippen molar-refractivity contribution < 1.29 is 14.6 Å². The summed E-state index contributed by atoms with van der Waals surface area (Å²) in [4.78, 5) is 13.7. The minimum absolute atomic E-state index is 0.247. The minimum Gasteiger partial charge on any atom is -0.480 e. The highest BCUT2D eigenvalue weighted by atomic mass is 16.5. The quantitative estimate of drug-likeness (QED) is 0.822. The lowest BCUT2D eigenvalue weighted by Gasteiger charge is -2.41. The van der Waals surface area contributed by atoms with Crippen molar-refractivity contribution in [2.75, 3.05) is 6.54 Å². The van der Waals surface area contributed by atoms with Gasteiger partial charge in [-0.1, -0.05) is 12.8 Å². The highest BCUT2D eigenvalue weighted by Gasteiger charge is 2.36. The van der Waals surface area contributed by atoms with Crippen molar-refractivity contribution in [1.82, 2.24) is 4.90 Å². The number of aliphatic carboxylic acids is 1. The van der Waals surface area contributed by atoms with E-state index in [1.165, 1.54) is 0 Å². The molecule has 0 aromatic carbocycles. The molecule has 0 aromatic heterocycles. The maximum Gasteiger partial charge on any atom is 0.320 e. The van der Waals surface area contributed by atoms with Crippen LogP contribution >= 0.6 is 0 Å². The Balaban J connectivity index is 2.09. The Labute approximate surface area is 109 Å². The number of carboxylic acid groups (broad SMARTS) is 1. The lowest BCUT2D eigenvalue weighted by atomic mass is 9.96. The van der Waals surface area contributed by atoms with Crippen LogP contribution < -0.4 is 0 Å². The van der Waals surface area contributed by atoms with Gasteiger partial charge in [0.25, 0.3) is 0 Å². The number of likely N-dealkylation sites (tertiary alicyclic amines) is 1. The van der Waals surface area contributed by atoms with Crippen molar-refractivity contribution in [3.05, 3.63) is 0 Å². The van der Waals surface area contributed by atoms with Crippen molar-refractivity contribution in [2.24, 2.45) is 0 Å². The van der Waals surface area contributed by atoms with Gasteiger partial charge in [0.05, 0.1) is 12.2 Å². The van der Waals surface area contributed by atoms with E-state index in [-0.39, 0.29) is 18.2 Å². The Morgan fingerprint density at radius 1 is 1.17 bits per heavy atom. The zero-order valence-electron chi connectivity index (χ0n) is 11.5. The van der Waals surface area contributed by atoms with E-state index in [4.69, 9.17) is 4.74 Å². The Morgan fingerprint density at radius 2 is 1.83 bits per heavy atom. The fraction of sp³-hybridized carbons (Fsp3) is 0.929. The molecule has 0 bridgehead atoms. The first-order valence-electron chi connectivity index (χ1n) is 7.22. The predicted molar refractivity (Wildman–Crippen MR) is 69.6 cm³/mol. The number of rotatable bonds is 2.